The average Bonchev–Trinajstić information content (AvgIpc) is 2.36. The largest absolute Gasteiger partial charge is 0.480 e. The summed E-state index contributed by atoms with van der Waals surface area (Å²) in [6.45, 7) is 0.132. The third kappa shape index (κ3) is 4.85. The van der Waals surface area contributed by atoms with Gasteiger partial charge in [0, 0.05) is 0 Å². The third-order valence-corrected chi connectivity index (χ3v) is 3.02. The summed E-state index contributed by atoms with van der Waals surface area (Å²) in [4.78, 5) is 21.2. The Bertz CT molecular complexity index is 410. The van der Waals surface area contributed by atoms with Crippen molar-refractivity contribution >= 4 is 27.9 Å². The average molecular weight is 316 g/mol. The van der Waals surface area contributed by atoms with Crippen LogP contribution < -0.4 is 5.73 Å². The number of rotatable bonds is 6. The number of nitrogens with two attached hydrogens (primary N) is 1. The van der Waals surface area contributed by atoms with Crippen molar-refractivity contribution in [2.24, 2.45) is 5.73 Å². The van der Waals surface area contributed by atoms with Crippen molar-refractivity contribution in [1.29, 1.82) is 0 Å². The predicted molar refractivity (Wildman–Crippen MR) is 69.2 cm³/mol. The minimum atomic E-state index is -1.05. The van der Waals surface area contributed by atoms with E-state index in [1.807, 2.05) is 30.3 Å². The van der Waals surface area contributed by atoms with Gasteiger partial charge in [-0.3, -0.25) is 9.59 Å². The number of alkyl halides is 1. The molecule has 98 valence electrons. The number of benzene rings is 1. The summed E-state index contributed by atoms with van der Waals surface area (Å²) in [5, 5.41) is 8.67. The van der Waals surface area contributed by atoms with Crippen LogP contribution in [0.4, 0.5) is 0 Å². The summed E-state index contributed by atoms with van der Waals surface area (Å²) < 4.78 is 4.99. The first kappa shape index (κ1) is 14.7. The van der Waals surface area contributed by atoms with Crippen LogP contribution in [-0.2, 0) is 20.9 Å². The molecule has 0 saturated heterocycles. The minimum Gasteiger partial charge on any atom is -0.480 e. The van der Waals surface area contributed by atoms with Gasteiger partial charge >= 0.3 is 11.9 Å². The normalized spacial score (nSPS) is 13.7. The van der Waals surface area contributed by atoms with Crippen molar-refractivity contribution in [2.45, 2.75) is 23.9 Å². The number of esters is 1. The molecule has 0 aliphatic rings. The molecule has 0 aromatic heterocycles. The minimum absolute atomic E-state index is 0.0110. The zero-order valence-electron chi connectivity index (χ0n) is 9.58. The molecule has 0 bridgehead atoms. The molecular weight excluding hydrogens is 302 g/mol. The number of carbonyl (C=O) groups excluding carboxylic acids is 1. The lowest BCUT2D eigenvalue weighted by Gasteiger charge is -2.12. The van der Waals surface area contributed by atoms with Crippen LogP contribution in [0.2, 0.25) is 0 Å². The molecule has 0 saturated carbocycles. The molecule has 6 heteroatoms. The van der Waals surface area contributed by atoms with Gasteiger partial charge in [0.15, 0.2) is 0 Å². The zero-order valence-corrected chi connectivity index (χ0v) is 11.2. The maximum atomic E-state index is 11.5. The molecule has 0 aliphatic heterocycles. The number of carboxylic acids is 1. The Morgan fingerprint density at radius 2 is 1.94 bits per heavy atom. The Labute approximate surface area is 113 Å². The van der Waals surface area contributed by atoms with Crippen LogP contribution in [0, 0.1) is 0 Å². The van der Waals surface area contributed by atoms with Crippen molar-refractivity contribution in [3.63, 3.8) is 0 Å². The monoisotopic (exact) mass is 315 g/mol. The first-order valence-corrected chi connectivity index (χ1v) is 6.25. The van der Waals surface area contributed by atoms with Crippen LogP contribution in [0.5, 0.6) is 0 Å². The quantitative estimate of drug-likeness (QED) is 0.610. The van der Waals surface area contributed by atoms with Gasteiger partial charge in [0.2, 0.25) is 0 Å². The van der Waals surface area contributed by atoms with Crippen LogP contribution in [0.15, 0.2) is 30.3 Å². The van der Waals surface area contributed by atoms with E-state index in [-0.39, 0.29) is 13.0 Å². The smallest absolute Gasteiger partial charge is 0.323 e. The second-order valence-electron chi connectivity index (χ2n) is 3.74. The standard InChI is InChI=1S/C12H14BrNO4/c13-9(11(15)16)6-10(14)12(17)18-7-8-4-2-1-3-5-8/h1-5,9-10H,6-7,14H2,(H,15,16)/t9-,10?/m0/s1. The van der Waals surface area contributed by atoms with Gasteiger partial charge in [0.05, 0.1) is 0 Å². The van der Waals surface area contributed by atoms with Crippen LogP contribution in [-0.4, -0.2) is 27.9 Å². The lowest BCUT2D eigenvalue weighted by molar-refractivity contribution is -0.146. The lowest BCUT2D eigenvalue weighted by Crippen LogP contribution is -2.36. The summed E-state index contributed by atoms with van der Waals surface area (Å²) in [7, 11) is 0. The summed E-state index contributed by atoms with van der Waals surface area (Å²) >= 11 is 2.92. The van der Waals surface area contributed by atoms with Crippen molar-refractivity contribution in [1.82, 2.24) is 0 Å². The van der Waals surface area contributed by atoms with Gasteiger partial charge in [-0.25, -0.2) is 0 Å². The summed E-state index contributed by atoms with van der Waals surface area (Å²) in [6, 6.07) is 8.23. The van der Waals surface area contributed by atoms with E-state index in [9.17, 15) is 9.59 Å². The molecule has 18 heavy (non-hydrogen) atoms. The van der Waals surface area contributed by atoms with Crippen molar-refractivity contribution in [3.05, 3.63) is 35.9 Å². The molecule has 1 aromatic rings. The van der Waals surface area contributed by atoms with E-state index in [2.05, 4.69) is 15.9 Å². The first-order chi connectivity index (χ1) is 8.50. The van der Waals surface area contributed by atoms with Crippen molar-refractivity contribution in [2.75, 3.05) is 0 Å². The Kier molecular flexibility index (Phi) is 5.80. The van der Waals surface area contributed by atoms with Crippen molar-refractivity contribution in [3.8, 4) is 0 Å². The number of hydrogen-bond acceptors (Lipinski definition) is 4. The first-order valence-electron chi connectivity index (χ1n) is 5.33. The van der Waals surface area contributed by atoms with E-state index < -0.39 is 22.8 Å². The third-order valence-electron chi connectivity index (χ3n) is 2.26. The van der Waals surface area contributed by atoms with Gasteiger partial charge in [0.1, 0.15) is 17.5 Å². The van der Waals surface area contributed by atoms with E-state index in [1.54, 1.807) is 0 Å². The molecule has 1 rings (SSSR count). The molecule has 0 amide bonds. The zero-order chi connectivity index (χ0) is 13.5. The van der Waals surface area contributed by atoms with Gasteiger partial charge in [-0.2, -0.15) is 0 Å². The molecule has 1 aromatic carbocycles. The van der Waals surface area contributed by atoms with E-state index >= 15 is 0 Å². The summed E-state index contributed by atoms with van der Waals surface area (Å²) in [6.07, 6.45) is -0.0110. The van der Waals surface area contributed by atoms with Gasteiger partial charge in [-0.1, -0.05) is 46.3 Å². The molecule has 0 heterocycles. The Morgan fingerprint density at radius 1 is 1.33 bits per heavy atom. The number of carboxylic acid groups (broad SMARTS) is 1. The number of aliphatic carboxylic acids is 1. The van der Waals surface area contributed by atoms with Gasteiger partial charge in [-0.05, 0) is 12.0 Å². The maximum Gasteiger partial charge on any atom is 0.323 e. The molecule has 0 fully saturated rings. The highest BCUT2D eigenvalue weighted by atomic mass is 79.9. The van der Waals surface area contributed by atoms with Crippen molar-refractivity contribution < 1.29 is 19.4 Å². The van der Waals surface area contributed by atoms with E-state index in [1.165, 1.54) is 0 Å². The fourth-order valence-electron chi connectivity index (χ4n) is 1.26. The Balaban J connectivity index is 2.39. The van der Waals surface area contributed by atoms with E-state index in [0.717, 1.165) is 5.56 Å². The molecule has 0 spiro atoms. The molecule has 5 nitrogen and oxygen atoms in total. The Morgan fingerprint density at radius 3 is 2.50 bits per heavy atom. The molecule has 0 radical (unpaired) electrons. The number of hydrogen-bond donors (Lipinski definition) is 2. The molecule has 2 atom stereocenters. The number of halogens is 1. The van der Waals surface area contributed by atoms with Crippen LogP contribution in [0.3, 0.4) is 0 Å². The topological polar surface area (TPSA) is 89.6 Å². The fourth-order valence-corrected chi connectivity index (χ4v) is 1.66. The van der Waals surface area contributed by atoms with E-state index in [0.29, 0.717) is 0 Å². The summed E-state index contributed by atoms with van der Waals surface area (Å²) in [5.74, 6) is -1.66. The van der Waals surface area contributed by atoms with Crippen LogP contribution in [0.25, 0.3) is 0 Å². The molecule has 0 aliphatic carbocycles. The highest BCUT2D eigenvalue weighted by molar-refractivity contribution is 9.10. The van der Waals surface area contributed by atoms with Gasteiger partial charge in [-0.15, -0.1) is 0 Å². The second-order valence-corrected chi connectivity index (χ2v) is 4.85. The SMILES string of the molecule is NC(C[C@H](Br)C(=O)O)C(=O)OCc1ccccc1. The highest BCUT2D eigenvalue weighted by Crippen LogP contribution is 2.09. The predicted octanol–water partition coefficient (Wildman–Crippen LogP) is 1.30. The Hall–Kier alpha value is -1.40. The van der Waals surface area contributed by atoms with Gasteiger partial charge < -0.3 is 15.6 Å². The number of ether oxygens (including phenoxy) is 1. The molecular formula is C12H14BrNO4. The maximum absolute atomic E-state index is 11.5. The van der Waals surface area contributed by atoms with Gasteiger partial charge in [0.25, 0.3) is 0 Å². The fraction of sp³-hybridized carbons (Fsp3) is 0.333. The summed E-state index contributed by atoms with van der Waals surface area (Å²) in [5.41, 5.74) is 6.41. The number of carbonyl (C=O) groups is 2. The van der Waals surface area contributed by atoms with Crippen LogP contribution >= 0.6 is 15.9 Å². The highest BCUT2D eigenvalue weighted by Gasteiger charge is 2.23. The van der Waals surface area contributed by atoms with Crippen LogP contribution in [0.1, 0.15) is 12.0 Å². The molecule has 3 N–H and O–H groups in total. The molecule has 1 unspecified atom stereocenters. The lowest BCUT2D eigenvalue weighted by atomic mass is 10.1. The second kappa shape index (κ2) is 7.13. The van der Waals surface area contributed by atoms with E-state index in [4.69, 9.17) is 15.6 Å².